The standard InChI is InChI=1S/C7H6BrClN4/c1-13-6-3(8)2-4(9)11-5(6)7(10)12-13/h2H,1H3,(H2,10,12). The second kappa shape index (κ2) is 2.85. The lowest BCUT2D eigenvalue weighted by atomic mass is 10.4. The highest BCUT2D eigenvalue weighted by Gasteiger charge is 2.11. The Kier molecular flexibility index (Phi) is 1.92. The third-order valence-electron chi connectivity index (χ3n) is 1.74. The zero-order valence-electron chi connectivity index (χ0n) is 6.75. The van der Waals surface area contributed by atoms with Gasteiger partial charge in [0.15, 0.2) is 5.82 Å². The van der Waals surface area contributed by atoms with E-state index in [0.717, 1.165) is 9.99 Å². The highest BCUT2D eigenvalue weighted by molar-refractivity contribution is 9.10. The topological polar surface area (TPSA) is 56.7 Å². The molecule has 0 aliphatic rings. The third-order valence-corrected chi connectivity index (χ3v) is 2.54. The summed E-state index contributed by atoms with van der Waals surface area (Å²) < 4.78 is 2.51. The average Bonchev–Trinajstić information content (AvgIpc) is 2.27. The monoisotopic (exact) mass is 260 g/mol. The van der Waals surface area contributed by atoms with Crippen molar-refractivity contribution in [1.82, 2.24) is 14.8 Å². The van der Waals surface area contributed by atoms with Gasteiger partial charge in [-0.05, 0) is 22.0 Å². The molecule has 4 nitrogen and oxygen atoms in total. The van der Waals surface area contributed by atoms with Gasteiger partial charge in [0.2, 0.25) is 0 Å². The molecule has 2 aromatic heterocycles. The summed E-state index contributed by atoms with van der Waals surface area (Å²) in [4.78, 5) is 4.08. The molecule has 0 saturated heterocycles. The van der Waals surface area contributed by atoms with E-state index in [-0.39, 0.29) is 0 Å². The summed E-state index contributed by atoms with van der Waals surface area (Å²) in [6, 6.07) is 1.71. The molecular weight excluding hydrogens is 255 g/mol. The molecule has 0 saturated carbocycles. The minimum atomic E-state index is 0.390. The molecule has 2 rings (SSSR count). The number of hydrogen-bond acceptors (Lipinski definition) is 3. The van der Waals surface area contributed by atoms with E-state index in [1.54, 1.807) is 17.8 Å². The SMILES string of the molecule is Cn1nc(N)c2nc(Cl)cc(Br)c21. The van der Waals surface area contributed by atoms with Crippen LogP contribution in [0.15, 0.2) is 10.5 Å². The minimum Gasteiger partial charge on any atom is -0.380 e. The maximum Gasteiger partial charge on any atom is 0.172 e. The Balaban J connectivity index is 2.97. The molecule has 0 fully saturated rings. The predicted molar refractivity (Wildman–Crippen MR) is 55.6 cm³/mol. The lowest BCUT2D eigenvalue weighted by molar-refractivity contribution is 0.800. The number of pyridine rings is 1. The molecule has 2 N–H and O–H groups in total. The number of halogens is 2. The fraction of sp³-hybridized carbons (Fsp3) is 0.143. The van der Waals surface area contributed by atoms with Crippen LogP contribution in [0.4, 0.5) is 5.82 Å². The molecule has 0 unspecified atom stereocenters. The highest BCUT2D eigenvalue weighted by Crippen LogP contribution is 2.27. The van der Waals surface area contributed by atoms with Gasteiger partial charge in [-0.3, -0.25) is 4.68 Å². The molecule has 2 heterocycles. The summed E-state index contributed by atoms with van der Waals surface area (Å²) in [6.07, 6.45) is 0. The third kappa shape index (κ3) is 1.28. The van der Waals surface area contributed by atoms with Crippen molar-refractivity contribution in [2.75, 3.05) is 5.73 Å². The Morgan fingerprint density at radius 3 is 3.00 bits per heavy atom. The Labute approximate surface area is 87.8 Å². The maximum absolute atomic E-state index is 5.77. The van der Waals surface area contributed by atoms with Gasteiger partial charge in [0.1, 0.15) is 16.2 Å². The smallest absolute Gasteiger partial charge is 0.172 e. The summed E-state index contributed by atoms with van der Waals surface area (Å²) in [6.45, 7) is 0. The van der Waals surface area contributed by atoms with Crippen LogP contribution in [0.2, 0.25) is 5.15 Å². The van der Waals surface area contributed by atoms with E-state index in [0.29, 0.717) is 16.5 Å². The Bertz CT molecular complexity index is 479. The molecule has 0 aliphatic heterocycles. The van der Waals surface area contributed by atoms with E-state index < -0.39 is 0 Å². The van der Waals surface area contributed by atoms with E-state index in [1.807, 2.05) is 0 Å². The molecule has 0 aliphatic carbocycles. The van der Waals surface area contributed by atoms with Gasteiger partial charge < -0.3 is 5.73 Å². The molecule has 2 aromatic rings. The van der Waals surface area contributed by atoms with Crippen LogP contribution >= 0.6 is 27.5 Å². The van der Waals surface area contributed by atoms with E-state index in [9.17, 15) is 0 Å². The van der Waals surface area contributed by atoms with Crippen molar-refractivity contribution in [2.24, 2.45) is 7.05 Å². The van der Waals surface area contributed by atoms with Gasteiger partial charge >= 0.3 is 0 Å². The van der Waals surface area contributed by atoms with Crippen molar-refractivity contribution in [1.29, 1.82) is 0 Å². The first-order chi connectivity index (χ1) is 6.09. The first-order valence-corrected chi connectivity index (χ1v) is 4.71. The molecule has 0 atom stereocenters. The van der Waals surface area contributed by atoms with Crippen LogP contribution in [0.1, 0.15) is 0 Å². The molecule has 0 radical (unpaired) electrons. The van der Waals surface area contributed by atoms with Crippen LogP contribution < -0.4 is 5.73 Å². The highest BCUT2D eigenvalue weighted by atomic mass is 79.9. The van der Waals surface area contributed by atoms with Crippen LogP contribution in [0.3, 0.4) is 0 Å². The molecule has 0 aromatic carbocycles. The van der Waals surface area contributed by atoms with Crippen LogP contribution in [0.25, 0.3) is 11.0 Å². The van der Waals surface area contributed by atoms with Gasteiger partial charge in [0.05, 0.1) is 0 Å². The molecule has 0 amide bonds. The number of aryl methyl sites for hydroxylation is 1. The molecular formula is C7H6BrClN4. The second-order valence-electron chi connectivity index (χ2n) is 2.63. The zero-order chi connectivity index (χ0) is 9.59. The predicted octanol–water partition coefficient (Wildman–Crippen LogP) is 1.97. The summed E-state index contributed by atoms with van der Waals surface area (Å²) in [5, 5.41) is 4.44. The van der Waals surface area contributed by atoms with E-state index >= 15 is 0 Å². The van der Waals surface area contributed by atoms with Gasteiger partial charge in [-0.1, -0.05) is 11.6 Å². The quantitative estimate of drug-likeness (QED) is 0.738. The largest absolute Gasteiger partial charge is 0.380 e. The average molecular weight is 262 g/mol. The normalized spacial score (nSPS) is 11.0. The lowest BCUT2D eigenvalue weighted by Crippen LogP contribution is -1.91. The minimum absolute atomic E-state index is 0.390. The van der Waals surface area contributed by atoms with Gasteiger partial charge in [0, 0.05) is 11.5 Å². The number of nitrogens with zero attached hydrogens (tertiary/aromatic N) is 3. The lowest BCUT2D eigenvalue weighted by Gasteiger charge is -1.97. The van der Waals surface area contributed by atoms with E-state index in [2.05, 4.69) is 26.0 Å². The Morgan fingerprint density at radius 2 is 2.31 bits per heavy atom. The molecule has 6 heteroatoms. The van der Waals surface area contributed by atoms with Gasteiger partial charge in [-0.2, -0.15) is 5.10 Å². The van der Waals surface area contributed by atoms with Crippen molar-refractivity contribution >= 4 is 44.4 Å². The second-order valence-corrected chi connectivity index (χ2v) is 3.87. The first-order valence-electron chi connectivity index (χ1n) is 3.54. The van der Waals surface area contributed by atoms with Gasteiger partial charge in [-0.15, -0.1) is 0 Å². The number of anilines is 1. The van der Waals surface area contributed by atoms with E-state index in [1.165, 1.54) is 0 Å². The molecule has 68 valence electrons. The Hall–Kier alpha value is -0.810. The molecule has 13 heavy (non-hydrogen) atoms. The fourth-order valence-electron chi connectivity index (χ4n) is 1.22. The number of aromatic nitrogens is 3. The number of nitrogens with two attached hydrogens (primary N) is 1. The fourth-order valence-corrected chi connectivity index (χ4v) is 2.21. The number of nitrogen functional groups attached to an aromatic ring is 1. The van der Waals surface area contributed by atoms with E-state index in [4.69, 9.17) is 17.3 Å². The zero-order valence-corrected chi connectivity index (χ0v) is 9.09. The van der Waals surface area contributed by atoms with Gasteiger partial charge in [0.25, 0.3) is 0 Å². The first kappa shape index (κ1) is 8.77. The van der Waals surface area contributed by atoms with Crippen LogP contribution in [0, 0.1) is 0 Å². The number of fused-ring (bicyclic) bond motifs is 1. The van der Waals surface area contributed by atoms with Gasteiger partial charge in [-0.25, -0.2) is 4.98 Å². The maximum atomic E-state index is 5.77. The number of rotatable bonds is 0. The van der Waals surface area contributed by atoms with Crippen molar-refractivity contribution < 1.29 is 0 Å². The van der Waals surface area contributed by atoms with Crippen molar-refractivity contribution in [2.45, 2.75) is 0 Å². The molecule has 0 bridgehead atoms. The van der Waals surface area contributed by atoms with Crippen molar-refractivity contribution in [3.05, 3.63) is 15.7 Å². The van der Waals surface area contributed by atoms with Crippen LogP contribution in [-0.2, 0) is 7.05 Å². The number of hydrogen-bond donors (Lipinski definition) is 1. The summed E-state index contributed by atoms with van der Waals surface area (Å²) in [5.74, 6) is 0.390. The van der Waals surface area contributed by atoms with Crippen LogP contribution in [-0.4, -0.2) is 14.8 Å². The Morgan fingerprint density at radius 1 is 1.62 bits per heavy atom. The van der Waals surface area contributed by atoms with Crippen molar-refractivity contribution in [3.63, 3.8) is 0 Å². The summed E-state index contributed by atoms with van der Waals surface area (Å²) in [5.41, 5.74) is 7.12. The van der Waals surface area contributed by atoms with Crippen molar-refractivity contribution in [3.8, 4) is 0 Å². The van der Waals surface area contributed by atoms with Crippen LogP contribution in [0.5, 0.6) is 0 Å². The summed E-state index contributed by atoms with van der Waals surface area (Å²) in [7, 11) is 1.80. The summed E-state index contributed by atoms with van der Waals surface area (Å²) >= 11 is 9.14. The molecule has 0 spiro atoms.